The molecular formula is C20H20. The minimum absolute atomic E-state index is 0.616. The van der Waals surface area contributed by atoms with Crippen LogP contribution in [-0.4, -0.2) is 0 Å². The zero-order chi connectivity index (χ0) is 13.7. The Kier molecular flexibility index (Phi) is 2.60. The molecule has 2 aromatic rings. The summed E-state index contributed by atoms with van der Waals surface area (Å²) in [5.41, 5.74) is 3.13. The van der Waals surface area contributed by atoms with Gasteiger partial charge in [0.15, 0.2) is 0 Å². The van der Waals surface area contributed by atoms with Crippen molar-refractivity contribution in [2.24, 2.45) is 17.8 Å². The van der Waals surface area contributed by atoms with E-state index in [4.69, 9.17) is 0 Å². The molecule has 0 amide bonds. The second-order valence-corrected chi connectivity index (χ2v) is 6.33. The second kappa shape index (κ2) is 4.34. The van der Waals surface area contributed by atoms with E-state index in [0.29, 0.717) is 17.8 Å². The summed E-state index contributed by atoms with van der Waals surface area (Å²) in [5, 5.41) is 2.74. The van der Waals surface area contributed by atoms with Crippen molar-refractivity contribution in [3.05, 3.63) is 72.8 Å². The minimum Gasteiger partial charge on any atom is -0.103 e. The predicted octanol–water partition coefficient (Wildman–Crippen LogP) is 5.10. The third-order valence-corrected chi connectivity index (χ3v) is 5.44. The maximum absolute atomic E-state index is 4.07. The summed E-state index contributed by atoms with van der Waals surface area (Å²) in [6, 6.07) is 13.5. The van der Waals surface area contributed by atoms with Crippen molar-refractivity contribution in [2.75, 3.05) is 0 Å². The van der Waals surface area contributed by atoms with Gasteiger partial charge in [-0.15, -0.1) is 13.2 Å². The number of rotatable bonds is 2. The Balaban J connectivity index is 1.88. The summed E-state index contributed by atoms with van der Waals surface area (Å²) in [4.78, 5) is 0. The summed E-state index contributed by atoms with van der Waals surface area (Å²) < 4.78 is 0. The van der Waals surface area contributed by atoms with E-state index in [2.05, 4.69) is 61.7 Å². The number of allylic oxidation sites excluding steroid dienone is 2. The third kappa shape index (κ3) is 1.54. The molecule has 1 saturated carbocycles. The Morgan fingerprint density at radius 1 is 0.950 bits per heavy atom. The molecule has 0 nitrogen and oxygen atoms in total. The van der Waals surface area contributed by atoms with E-state index in [1.165, 1.54) is 23.6 Å². The van der Waals surface area contributed by atoms with Crippen molar-refractivity contribution >= 4 is 10.8 Å². The van der Waals surface area contributed by atoms with Crippen LogP contribution in [0.25, 0.3) is 10.8 Å². The number of hydrogen-bond donors (Lipinski definition) is 0. The van der Waals surface area contributed by atoms with Gasteiger partial charge in [0.25, 0.3) is 0 Å². The van der Waals surface area contributed by atoms with Crippen LogP contribution >= 0.6 is 0 Å². The topological polar surface area (TPSA) is 0 Å². The van der Waals surface area contributed by atoms with Crippen molar-refractivity contribution in [3.8, 4) is 0 Å². The Morgan fingerprint density at radius 3 is 2.35 bits per heavy atom. The summed E-state index contributed by atoms with van der Waals surface area (Å²) in [7, 11) is 0. The van der Waals surface area contributed by atoms with Gasteiger partial charge >= 0.3 is 0 Å². The maximum atomic E-state index is 4.07. The molecule has 0 aromatic heterocycles. The molecule has 0 radical (unpaired) electrons. The molecule has 0 heterocycles. The SMILES string of the molecule is C=CC1CC(C=C)C2c3cc4ccccc4cc3CC12. The highest BCUT2D eigenvalue weighted by molar-refractivity contribution is 5.84. The van der Waals surface area contributed by atoms with Gasteiger partial charge in [-0.1, -0.05) is 48.6 Å². The Labute approximate surface area is 120 Å². The molecule has 20 heavy (non-hydrogen) atoms. The zero-order valence-electron chi connectivity index (χ0n) is 11.8. The van der Waals surface area contributed by atoms with E-state index in [0.717, 1.165) is 5.92 Å². The number of fused-ring (bicyclic) bond motifs is 4. The van der Waals surface area contributed by atoms with Gasteiger partial charge in [0.1, 0.15) is 0 Å². The van der Waals surface area contributed by atoms with E-state index in [9.17, 15) is 0 Å². The first kappa shape index (κ1) is 12.0. The lowest BCUT2D eigenvalue weighted by Gasteiger charge is -2.17. The lowest BCUT2D eigenvalue weighted by Crippen LogP contribution is -2.09. The number of hydrogen-bond acceptors (Lipinski definition) is 0. The van der Waals surface area contributed by atoms with Crippen molar-refractivity contribution in [1.82, 2.24) is 0 Å². The first-order valence-electron chi connectivity index (χ1n) is 7.58. The third-order valence-electron chi connectivity index (χ3n) is 5.44. The lowest BCUT2D eigenvalue weighted by molar-refractivity contribution is 0.441. The molecule has 0 N–H and O–H groups in total. The largest absolute Gasteiger partial charge is 0.103 e. The van der Waals surface area contributed by atoms with E-state index in [1.54, 1.807) is 11.1 Å². The fourth-order valence-corrected chi connectivity index (χ4v) is 4.52. The molecule has 4 atom stereocenters. The highest BCUT2D eigenvalue weighted by atomic mass is 14.5. The zero-order valence-corrected chi connectivity index (χ0v) is 11.8. The van der Waals surface area contributed by atoms with Gasteiger partial charge in [0.05, 0.1) is 0 Å². The van der Waals surface area contributed by atoms with Gasteiger partial charge in [0, 0.05) is 0 Å². The quantitative estimate of drug-likeness (QED) is 0.659. The van der Waals surface area contributed by atoms with Gasteiger partial charge in [-0.05, 0) is 58.4 Å². The fraction of sp³-hybridized carbons (Fsp3) is 0.300. The summed E-state index contributed by atoms with van der Waals surface area (Å²) in [6.45, 7) is 8.13. The van der Waals surface area contributed by atoms with Gasteiger partial charge in [-0.2, -0.15) is 0 Å². The Bertz CT molecular complexity index is 694. The van der Waals surface area contributed by atoms with Crippen LogP contribution in [0.3, 0.4) is 0 Å². The molecule has 0 saturated heterocycles. The molecule has 100 valence electrons. The van der Waals surface area contributed by atoms with Gasteiger partial charge in [-0.3, -0.25) is 0 Å². The molecule has 4 rings (SSSR count). The van der Waals surface area contributed by atoms with Crippen LogP contribution < -0.4 is 0 Å². The van der Waals surface area contributed by atoms with Crippen molar-refractivity contribution in [1.29, 1.82) is 0 Å². The Hall–Kier alpha value is -1.82. The summed E-state index contributed by atoms with van der Waals surface area (Å²) in [6.07, 6.45) is 6.79. The van der Waals surface area contributed by atoms with E-state index >= 15 is 0 Å². The average molecular weight is 260 g/mol. The Morgan fingerprint density at radius 2 is 1.65 bits per heavy atom. The first-order chi connectivity index (χ1) is 9.81. The van der Waals surface area contributed by atoms with Crippen LogP contribution in [-0.2, 0) is 6.42 Å². The van der Waals surface area contributed by atoms with Crippen LogP contribution in [0.5, 0.6) is 0 Å². The monoisotopic (exact) mass is 260 g/mol. The van der Waals surface area contributed by atoms with Gasteiger partial charge in [-0.25, -0.2) is 0 Å². The molecule has 0 heteroatoms. The maximum Gasteiger partial charge on any atom is -0.00588 e. The highest BCUT2D eigenvalue weighted by Gasteiger charge is 2.45. The van der Waals surface area contributed by atoms with Gasteiger partial charge < -0.3 is 0 Å². The fourth-order valence-electron chi connectivity index (χ4n) is 4.52. The van der Waals surface area contributed by atoms with Crippen molar-refractivity contribution in [3.63, 3.8) is 0 Å². The molecule has 0 aliphatic heterocycles. The second-order valence-electron chi connectivity index (χ2n) is 6.33. The molecule has 2 aliphatic carbocycles. The molecule has 2 aliphatic rings. The molecular weight excluding hydrogens is 240 g/mol. The van der Waals surface area contributed by atoms with E-state index in [1.807, 2.05) is 0 Å². The van der Waals surface area contributed by atoms with Crippen LogP contribution in [0.15, 0.2) is 61.7 Å². The van der Waals surface area contributed by atoms with Crippen molar-refractivity contribution in [2.45, 2.75) is 18.8 Å². The van der Waals surface area contributed by atoms with Crippen LogP contribution in [0.1, 0.15) is 23.5 Å². The highest BCUT2D eigenvalue weighted by Crippen LogP contribution is 2.55. The predicted molar refractivity (Wildman–Crippen MR) is 85.9 cm³/mol. The number of benzene rings is 2. The molecule has 4 unspecified atom stereocenters. The normalized spacial score (nSPS) is 31.0. The van der Waals surface area contributed by atoms with E-state index < -0.39 is 0 Å². The van der Waals surface area contributed by atoms with E-state index in [-0.39, 0.29) is 0 Å². The average Bonchev–Trinajstić information content (AvgIpc) is 3.01. The van der Waals surface area contributed by atoms with Gasteiger partial charge in [0.2, 0.25) is 0 Å². The molecule has 0 spiro atoms. The molecule has 2 aromatic carbocycles. The summed E-state index contributed by atoms with van der Waals surface area (Å²) >= 11 is 0. The van der Waals surface area contributed by atoms with Crippen LogP contribution in [0.2, 0.25) is 0 Å². The van der Waals surface area contributed by atoms with Crippen LogP contribution in [0, 0.1) is 17.8 Å². The van der Waals surface area contributed by atoms with Crippen molar-refractivity contribution < 1.29 is 0 Å². The summed E-state index contributed by atoms with van der Waals surface area (Å²) in [5.74, 6) is 2.67. The first-order valence-corrected chi connectivity index (χ1v) is 7.58. The van der Waals surface area contributed by atoms with Crippen LogP contribution in [0.4, 0.5) is 0 Å². The lowest BCUT2D eigenvalue weighted by atomic mass is 9.87. The standard InChI is InChI=1S/C20H20/c1-3-13-9-14(4-2)20-18(13)12-17-10-15-7-5-6-8-16(15)11-19(17)20/h3-8,10-11,13-14,18,20H,1-2,9,12H2. The molecule has 1 fully saturated rings. The molecule has 0 bridgehead atoms. The smallest absolute Gasteiger partial charge is 0.00588 e. The minimum atomic E-state index is 0.616.